The highest BCUT2D eigenvalue weighted by atomic mass is 127. The van der Waals surface area contributed by atoms with Gasteiger partial charge in [-0.25, -0.2) is 0 Å². The molecule has 126 valence electrons. The van der Waals surface area contributed by atoms with E-state index in [1.54, 1.807) is 6.26 Å². The first-order valence-electron chi connectivity index (χ1n) is 6.27. The fraction of sp³-hybridized carbons (Fsp3) is 0. The Morgan fingerprint density at radius 2 is 1.38 bits per heavy atom. The van der Waals surface area contributed by atoms with Crippen molar-refractivity contribution in [1.29, 1.82) is 0 Å². The predicted octanol–water partition coefficient (Wildman–Crippen LogP) is 7.71. The first-order chi connectivity index (χ1) is 11.3. The van der Waals surface area contributed by atoms with E-state index in [1.807, 2.05) is 24.3 Å². The highest BCUT2D eigenvalue weighted by Crippen LogP contribution is 2.37. The number of phenols is 1. The molecule has 1 N–H and O–H groups in total. The van der Waals surface area contributed by atoms with Gasteiger partial charge >= 0.3 is 0 Å². The molecule has 0 atom stereocenters. The van der Waals surface area contributed by atoms with E-state index in [9.17, 15) is 5.11 Å². The van der Waals surface area contributed by atoms with Crippen LogP contribution in [0.15, 0.2) is 25.0 Å². The van der Waals surface area contributed by atoms with E-state index in [0.29, 0.717) is 5.75 Å². The third-order valence-corrected chi connectivity index (χ3v) is 11.0. The first kappa shape index (κ1) is 22.2. The third kappa shape index (κ3) is 5.03. The molecule has 0 aromatic heterocycles. The van der Waals surface area contributed by atoms with Crippen molar-refractivity contribution in [3.05, 3.63) is 57.5 Å². The lowest BCUT2D eigenvalue weighted by Crippen LogP contribution is -1.97. The van der Waals surface area contributed by atoms with Crippen LogP contribution in [0.2, 0.25) is 0 Å². The van der Waals surface area contributed by atoms with Crippen molar-refractivity contribution in [2.75, 3.05) is 0 Å². The van der Waals surface area contributed by atoms with Crippen molar-refractivity contribution in [2.24, 2.45) is 0 Å². The minimum absolute atomic E-state index is 0.340. The quantitative estimate of drug-likeness (QED) is 0.194. The Balaban J connectivity index is 2.36. The molecular formula is C16H8I6O2. The lowest BCUT2D eigenvalue weighted by atomic mass is 10.2. The molecule has 0 unspecified atom stereocenters. The monoisotopic (exact) mass is 993 g/mol. The van der Waals surface area contributed by atoms with Crippen LogP contribution >= 0.6 is 136 Å². The molecule has 0 saturated carbocycles. The van der Waals surface area contributed by atoms with Crippen molar-refractivity contribution in [3.8, 4) is 11.5 Å². The summed E-state index contributed by atoms with van der Waals surface area (Å²) in [5.41, 5.74) is 2.13. The summed E-state index contributed by atoms with van der Waals surface area (Å²) in [6.07, 6.45) is 5.48. The predicted molar refractivity (Wildman–Crippen MR) is 151 cm³/mol. The average Bonchev–Trinajstić information content (AvgIpc) is 2.56. The molecule has 0 fully saturated rings. The van der Waals surface area contributed by atoms with Gasteiger partial charge in [0, 0.05) is 12.7 Å². The van der Waals surface area contributed by atoms with Crippen molar-refractivity contribution < 1.29 is 9.84 Å². The summed E-state index contributed by atoms with van der Waals surface area (Å²) in [5.74, 6) is 1.18. The van der Waals surface area contributed by atoms with Crippen LogP contribution < -0.4 is 4.74 Å². The highest BCUT2D eigenvalue weighted by Gasteiger charge is 2.16. The van der Waals surface area contributed by atoms with Gasteiger partial charge in [0.15, 0.2) is 5.75 Å². The van der Waals surface area contributed by atoms with Gasteiger partial charge in [-0.15, -0.1) is 0 Å². The SMILES string of the molecule is C=Cc1cc(I)c(O/C=C/c2c(I)c(I)c(O)c(I)c2I)c(I)c1. The molecule has 8 heteroatoms. The normalized spacial score (nSPS) is 11.1. The Morgan fingerprint density at radius 1 is 0.875 bits per heavy atom. The molecule has 0 amide bonds. The maximum absolute atomic E-state index is 10.1. The van der Waals surface area contributed by atoms with Crippen molar-refractivity contribution in [1.82, 2.24) is 0 Å². The first-order valence-corrected chi connectivity index (χ1v) is 12.7. The molecule has 2 aromatic rings. The molecule has 24 heavy (non-hydrogen) atoms. The second-order valence-electron chi connectivity index (χ2n) is 4.46. The number of phenolic OH excluding ortho intramolecular Hbond substituents is 1. The summed E-state index contributed by atoms with van der Waals surface area (Å²) in [7, 11) is 0. The number of aromatic hydroxyl groups is 1. The minimum atomic E-state index is 0.340. The van der Waals surface area contributed by atoms with Crippen molar-refractivity contribution in [3.63, 3.8) is 0 Å². The number of rotatable bonds is 4. The Hall–Kier alpha value is 1.90. The Bertz CT molecular complexity index is 793. The summed E-state index contributed by atoms with van der Waals surface area (Å²) < 4.78 is 11.7. The van der Waals surface area contributed by atoms with Gasteiger partial charge in [-0.05, 0) is 159 Å². The Labute approximate surface area is 222 Å². The molecule has 0 saturated heterocycles. The van der Waals surface area contributed by atoms with Gasteiger partial charge < -0.3 is 9.84 Å². The summed E-state index contributed by atoms with van der Waals surface area (Å²) in [4.78, 5) is 0. The van der Waals surface area contributed by atoms with E-state index in [4.69, 9.17) is 4.74 Å². The van der Waals surface area contributed by atoms with Gasteiger partial charge in [-0.2, -0.15) is 0 Å². The fourth-order valence-corrected chi connectivity index (χ4v) is 7.40. The molecule has 0 aliphatic heterocycles. The van der Waals surface area contributed by atoms with Gasteiger partial charge in [-0.3, -0.25) is 0 Å². The standard InChI is InChI=1S/C16H8I6O2/c1-2-7-5-9(17)16(10(18)6-7)24-4-3-8-11(19)13(21)15(23)14(22)12(8)20/h2-6,23H,1H2/b4-3+. The largest absolute Gasteiger partial charge is 0.506 e. The number of ether oxygens (including phenoxy) is 1. The lowest BCUT2D eigenvalue weighted by Gasteiger charge is -2.11. The number of hydrogen-bond donors (Lipinski definition) is 1. The molecule has 0 aliphatic carbocycles. The zero-order valence-electron chi connectivity index (χ0n) is 11.7. The summed E-state index contributed by atoms with van der Waals surface area (Å²) in [6, 6.07) is 4.08. The number of hydrogen-bond acceptors (Lipinski definition) is 2. The molecule has 2 nitrogen and oxygen atoms in total. The highest BCUT2D eigenvalue weighted by molar-refractivity contribution is 14.1. The summed E-state index contributed by atoms with van der Waals surface area (Å²) in [5, 5.41) is 10.1. The van der Waals surface area contributed by atoms with Gasteiger partial charge in [0.05, 0.1) is 20.5 Å². The van der Waals surface area contributed by atoms with Crippen LogP contribution in [0.3, 0.4) is 0 Å². The van der Waals surface area contributed by atoms with Crippen LogP contribution in [0.5, 0.6) is 11.5 Å². The Kier molecular flexibility index (Phi) is 9.16. The van der Waals surface area contributed by atoms with Crippen LogP contribution in [0.4, 0.5) is 0 Å². The zero-order valence-corrected chi connectivity index (χ0v) is 24.7. The molecular weight excluding hydrogens is 986 g/mol. The molecule has 0 bridgehead atoms. The van der Waals surface area contributed by atoms with Crippen LogP contribution in [0, 0.1) is 21.4 Å². The molecule has 2 rings (SSSR count). The van der Waals surface area contributed by atoms with E-state index < -0.39 is 0 Å². The van der Waals surface area contributed by atoms with Crippen LogP contribution in [-0.2, 0) is 0 Å². The summed E-state index contributed by atoms with van der Waals surface area (Å²) >= 11 is 13.4. The summed E-state index contributed by atoms with van der Waals surface area (Å²) in [6.45, 7) is 3.80. The van der Waals surface area contributed by atoms with E-state index in [1.165, 1.54) is 0 Å². The number of halogens is 6. The van der Waals surface area contributed by atoms with E-state index in [-0.39, 0.29) is 0 Å². The second-order valence-corrected chi connectivity index (χ2v) is 11.1. The zero-order chi connectivity index (χ0) is 18.0. The van der Waals surface area contributed by atoms with E-state index in [2.05, 4.69) is 142 Å². The molecule has 0 heterocycles. The smallest absolute Gasteiger partial charge is 0.153 e. The van der Waals surface area contributed by atoms with Crippen LogP contribution in [0.1, 0.15) is 11.1 Å². The maximum Gasteiger partial charge on any atom is 0.153 e. The molecule has 2 aromatic carbocycles. The van der Waals surface area contributed by atoms with E-state index >= 15 is 0 Å². The van der Waals surface area contributed by atoms with Crippen molar-refractivity contribution >= 4 is 148 Å². The number of benzene rings is 2. The van der Waals surface area contributed by atoms with Gasteiger partial charge in [0.25, 0.3) is 0 Å². The van der Waals surface area contributed by atoms with Gasteiger partial charge in [0.1, 0.15) is 5.75 Å². The van der Waals surface area contributed by atoms with E-state index in [0.717, 1.165) is 38.3 Å². The van der Waals surface area contributed by atoms with Crippen LogP contribution in [0.25, 0.3) is 12.2 Å². The Morgan fingerprint density at radius 3 is 1.83 bits per heavy atom. The topological polar surface area (TPSA) is 29.5 Å². The second kappa shape index (κ2) is 9.90. The third-order valence-electron chi connectivity index (χ3n) is 2.95. The average molecular weight is 994 g/mol. The maximum atomic E-state index is 10.1. The van der Waals surface area contributed by atoms with Gasteiger partial charge in [0.2, 0.25) is 0 Å². The minimum Gasteiger partial charge on any atom is -0.506 e. The molecule has 0 radical (unpaired) electrons. The lowest BCUT2D eigenvalue weighted by molar-refractivity contribution is 0.466. The van der Waals surface area contributed by atoms with Crippen LogP contribution in [-0.4, -0.2) is 5.11 Å². The van der Waals surface area contributed by atoms with Gasteiger partial charge in [-0.1, -0.05) is 12.7 Å². The molecule has 0 aliphatic rings. The molecule has 0 spiro atoms. The van der Waals surface area contributed by atoms with Crippen molar-refractivity contribution in [2.45, 2.75) is 0 Å². The fourth-order valence-electron chi connectivity index (χ4n) is 1.76.